The number of hydrogen-bond acceptors (Lipinski definition) is 3. The Morgan fingerprint density at radius 3 is 2.60 bits per heavy atom. The van der Waals surface area contributed by atoms with E-state index in [1.54, 1.807) is 0 Å². The molecule has 1 fully saturated rings. The van der Waals surface area contributed by atoms with Crippen LogP contribution in [0.2, 0.25) is 5.02 Å². The predicted octanol–water partition coefficient (Wildman–Crippen LogP) is 6.63. The predicted molar refractivity (Wildman–Crippen MR) is 141 cm³/mol. The summed E-state index contributed by atoms with van der Waals surface area (Å²) in [6.07, 6.45) is 3.89. The van der Waals surface area contributed by atoms with Crippen LogP contribution in [0.25, 0.3) is 11.0 Å². The van der Waals surface area contributed by atoms with Gasteiger partial charge in [-0.25, -0.2) is 4.98 Å². The van der Waals surface area contributed by atoms with E-state index in [1.807, 2.05) is 47.4 Å². The van der Waals surface area contributed by atoms with E-state index in [2.05, 4.69) is 41.8 Å². The van der Waals surface area contributed by atoms with Gasteiger partial charge >= 0.3 is 0 Å². The van der Waals surface area contributed by atoms with Gasteiger partial charge in [0.15, 0.2) is 0 Å². The summed E-state index contributed by atoms with van der Waals surface area (Å²) in [6.45, 7) is 3.91. The number of anilines is 1. The molecule has 5 nitrogen and oxygen atoms in total. The van der Waals surface area contributed by atoms with Gasteiger partial charge in [0.2, 0.25) is 5.91 Å². The zero-order valence-corrected chi connectivity index (χ0v) is 20.7. The maximum absolute atomic E-state index is 13.0. The number of nitrogens with zero attached hydrogens (tertiary/aromatic N) is 3. The molecule has 3 aromatic carbocycles. The van der Waals surface area contributed by atoms with Crippen LogP contribution in [0.3, 0.4) is 0 Å². The number of benzene rings is 3. The fourth-order valence-electron chi connectivity index (χ4n) is 4.80. The van der Waals surface area contributed by atoms with Crippen LogP contribution in [-0.2, 0) is 17.8 Å². The van der Waals surface area contributed by atoms with Crippen LogP contribution in [0.15, 0.2) is 72.8 Å². The van der Waals surface area contributed by atoms with Crippen molar-refractivity contribution < 1.29 is 9.53 Å². The minimum Gasteiger partial charge on any atom is -0.490 e. The van der Waals surface area contributed by atoms with Gasteiger partial charge in [0.25, 0.3) is 0 Å². The molecule has 1 amide bonds. The number of amides is 1. The van der Waals surface area contributed by atoms with E-state index < -0.39 is 0 Å². The smallest absolute Gasteiger partial charge is 0.227 e. The lowest BCUT2D eigenvalue weighted by atomic mass is 10.1. The molecule has 5 rings (SSSR count). The Bertz CT molecular complexity index is 1320. The third-order valence-corrected chi connectivity index (χ3v) is 6.96. The van der Waals surface area contributed by atoms with Crippen molar-refractivity contribution in [1.29, 1.82) is 0 Å². The monoisotopic (exact) mass is 487 g/mol. The molecule has 4 aromatic rings. The molecule has 0 radical (unpaired) electrons. The number of hydrogen-bond donors (Lipinski definition) is 0. The summed E-state index contributed by atoms with van der Waals surface area (Å²) in [5.74, 6) is 1.77. The average Bonchev–Trinajstić information content (AvgIpc) is 3.45. The van der Waals surface area contributed by atoms with Crippen molar-refractivity contribution in [2.24, 2.45) is 0 Å². The third-order valence-electron chi connectivity index (χ3n) is 6.65. The largest absolute Gasteiger partial charge is 0.490 e. The number of aromatic nitrogens is 2. The lowest BCUT2D eigenvalue weighted by molar-refractivity contribution is -0.117. The molecule has 0 spiro atoms. The second kappa shape index (κ2) is 10.5. The molecule has 0 aliphatic carbocycles. The third kappa shape index (κ3) is 5.06. The molecule has 1 aliphatic rings. The van der Waals surface area contributed by atoms with Gasteiger partial charge in [-0.15, -0.1) is 0 Å². The van der Waals surface area contributed by atoms with Crippen molar-refractivity contribution in [3.8, 4) is 5.75 Å². The van der Waals surface area contributed by atoms with Crippen LogP contribution < -0.4 is 9.64 Å². The maximum Gasteiger partial charge on any atom is 0.227 e. The van der Waals surface area contributed by atoms with Gasteiger partial charge in [0, 0.05) is 24.6 Å². The summed E-state index contributed by atoms with van der Waals surface area (Å²) in [5.41, 5.74) is 4.27. The Hall–Kier alpha value is -3.31. The number of unbranched alkanes of at least 4 members (excludes halogenated alkanes) is 1. The summed E-state index contributed by atoms with van der Waals surface area (Å²) >= 11 is 6.25. The lowest BCUT2D eigenvalue weighted by Gasteiger charge is -2.18. The number of halogens is 1. The highest BCUT2D eigenvalue weighted by molar-refractivity contribution is 6.32. The van der Waals surface area contributed by atoms with Gasteiger partial charge in [-0.1, -0.05) is 61.3 Å². The molecular weight excluding hydrogens is 458 g/mol. The second-order valence-electron chi connectivity index (χ2n) is 9.06. The Morgan fingerprint density at radius 2 is 1.80 bits per heavy atom. The molecule has 0 bridgehead atoms. The number of rotatable bonds is 9. The highest BCUT2D eigenvalue weighted by atomic mass is 35.5. The fourth-order valence-corrected chi connectivity index (χ4v) is 4.99. The molecule has 6 heteroatoms. The topological polar surface area (TPSA) is 47.4 Å². The van der Waals surface area contributed by atoms with Gasteiger partial charge in [-0.3, -0.25) is 4.79 Å². The van der Waals surface area contributed by atoms with Crippen LogP contribution in [0.4, 0.5) is 5.69 Å². The van der Waals surface area contributed by atoms with E-state index in [4.69, 9.17) is 21.3 Å². The zero-order chi connectivity index (χ0) is 24.2. The zero-order valence-electron chi connectivity index (χ0n) is 20.0. The van der Waals surface area contributed by atoms with Crippen molar-refractivity contribution >= 4 is 34.2 Å². The minimum atomic E-state index is 0.0231. The number of carbonyl (C=O) groups excluding carboxylic acids is 1. The van der Waals surface area contributed by atoms with Crippen LogP contribution in [0.5, 0.6) is 5.75 Å². The normalized spacial score (nSPS) is 15.8. The SMILES string of the molecule is CCCCc1ccc(N2CC(c3nc4ccccc4n3CCOc3ccccc3Cl)CC2=O)cc1. The van der Waals surface area contributed by atoms with Gasteiger partial charge < -0.3 is 14.2 Å². The first kappa shape index (κ1) is 23.4. The summed E-state index contributed by atoms with van der Waals surface area (Å²) in [4.78, 5) is 19.9. The molecule has 0 saturated carbocycles. The second-order valence-corrected chi connectivity index (χ2v) is 9.47. The van der Waals surface area contributed by atoms with Crippen molar-refractivity contribution in [3.05, 3.63) is 89.2 Å². The molecule has 2 heterocycles. The summed E-state index contributed by atoms with van der Waals surface area (Å²) < 4.78 is 8.17. The van der Waals surface area contributed by atoms with E-state index in [0.717, 1.165) is 29.0 Å². The number of aryl methyl sites for hydroxylation is 1. The van der Waals surface area contributed by atoms with E-state index in [0.29, 0.717) is 36.9 Å². The molecule has 1 unspecified atom stereocenters. The Kier molecular flexibility index (Phi) is 7.05. The van der Waals surface area contributed by atoms with Gasteiger partial charge in [-0.05, 0) is 54.8 Å². The maximum atomic E-state index is 13.0. The standard InChI is InChI=1S/C29H30ClN3O2/c1-2-3-8-21-13-15-23(16-14-21)33-20-22(19-28(33)34)29-31-25-10-5-6-11-26(25)32(29)17-18-35-27-12-7-4-9-24(27)30/h4-7,9-16,22H,2-3,8,17-20H2,1H3. The van der Waals surface area contributed by atoms with Gasteiger partial charge in [0.05, 0.1) is 22.6 Å². The number of imidazole rings is 1. The van der Waals surface area contributed by atoms with Crippen molar-refractivity contribution in [1.82, 2.24) is 9.55 Å². The van der Waals surface area contributed by atoms with E-state index >= 15 is 0 Å². The molecule has 1 aliphatic heterocycles. The quantitative estimate of drug-likeness (QED) is 0.266. The van der Waals surface area contributed by atoms with Crippen molar-refractivity contribution in [2.45, 2.75) is 45.1 Å². The minimum absolute atomic E-state index is 0.0231. The van der Waals surface area contributed by atoms with E-state index in [9.17, 15) is 4.79 Å². The summed E-state index contributed by atoms with van der Waals surface area (Å²) in [7, 11) is 0. The highest BCUT2D eigenvalue weighted by Gasteiger charge is 2.34. The van der Waals surface area contributed by atoms with Gasteiger partial charge in [-0.2, -0.15) is 0 Å². The van der Waals surface area contributed by atoms with Crippen molar-refractivity contribution in [2.75, 3.05) is 18.1 Å². The van der Waals surface area contributed by atoms with Crippen molar-refractivity contribution in [3.63, 3.8) is 0 Å². The molecule has 180 valence electrons. The van der Waals surface area contributed by atoms with Crippen LogP contribution in [0, 0.1) is 0 Å². The van der Waals surface area contributed by atoms with E-state index in [1.165, 1.54) is 18.4 Å². The van der Waals surface area contributed by atoms with Crippen LogP contribution >= 0.6 is 11.6 Å². The first-order valence-electron chi connectivity index (χ1n) is 12.4. The molecular formula is C29H30ClN3O2. The summed E-state index contributed by atoms with van der Waals surface area (Å²) in [6, 6.07) is 24.0. The molecule has 1 saturated heterocycles. The first-order valence-corrected chi connectivity index (χ1v) is 12.7. The number of para-hydroxylation sites is 3. The van der Waals surface area contributed by atoms with Crippen LogP contribution in [-0.4, -0.2) is 28.6 Å². The highest BCUT2D eigenvalue weighted by Crippen LogP contribution is 2.33. The first-order chi connectivity index (χ1) is 17.1. The fraction of sp³-hybridized carbons (Fsp3) is 0.310. The molecule has 0 N–H and O–H groups in total. The van der Waals surface area contributed by atoms with Gasteiger partial charge in [0.1, 0.15) is 18.2 Å². The molecule has 1 aromatic heterocycles. The Labute approximate surface area is 211 Å². The summed E-state index contributed by atoms with van der Waals surface area (Å²) in [5, 5.41) is 0.598. The Morgan fingerprint density at radius 1 is 1.03 bits per heavy atom. The average molecular weight is 488 g/mol. The Balaban J connectivity index is 1.35. The lowest BCUT2D eigenvalue weighted by Crippen LogP contribution is -2.24. The van der Waals surface area contributed by atoms with E-state index in [-0.39, 0.29) is 11.8 Å². The number of ether oxygens (including phenoxy) is 1. The number of fused-ring (bicyclic) bond motifs is 1. The molecule has 35 heavy (non-hydrogen) atoms. The van der Waals surface area contributed by atoms with Crippen LogP contribution in [0.1, 0.15) is 43.5 Å². The number of carbonyl (C=O) groups is 1. The molecule has 1 atom stereocenters.